The molecule has 0 unspecified atom stereocenters. The fraction of sp³-hybridized carbons (Fsp3) is 0.273. The van der Waals surface area contributed by atoms with Crippen LogP contribution in [0.15, 0.2) is 6.58 Å². The summed E-state index contributed by atoms with van der Waals surface area (Å²) in [6.45, 7) is 6.48. The van der Waals surface area contributed by atoms with E-state index >= 15 is 0 Å². The summed E-state index contributed by atoms with van der Waals surface area (Å²) >= 11 is 0. The van der Waals surface area contributed by atoms with Crippen LogP contribution in [0.25, 0.3) is 5.57 Å². The summed E-state index contributed by atoms with van der Waals surface area (Å²) in [4.78, 5) is 0. The van der Waals surface area contributed by atoms with Crippen LogP contribution in [-0.4, -0.2) is 0 Å². The molecule has 0 N–H and O–H groups in total. The second kappa shape index (κ2) is 3.86. The highest BCUT2D eigenvalue weighted by Gasteiger charge is 2.18. The van der Waals surface area contributed by atoms with E-state index in [9.17, 15) is 13.2 Å². The van der Waals surface area contributed by atoms with Crippen LogP contribution < -0.4 is 0 Å². The van der Waals surface area contributed by atoms with Crippen LogP contribution in [0, 0.1) is 23.5 Å². The second-order valence-electron chi connectivity index (χ2n) is 3.05. The van der Waals surface area contributed by atoms with Crippen LogP contribution in [0.3, 0.4) is 0 Å². The van der Waals surface area contributed by atoms with Crippen LogP contribution in [0.5, 0.6) is 0 Å². The van der Waals surface area contributed by atoms with Crippen LogP contribution in [-0.2, 0) is 6.42 Å². The number of benzene rings is 1. The molecule has 1 rings (SSSR count). The maximum Gasteiger partial charge on any atom is 0.169 e. The minimum atomic E-state index is -1.22. The van der Waals surface area contributed by atoms with Crippen molar-refractivity contribution in [2.45, 2.75) is 20.3 Å². The van der Waals surface area contributed by atoms with Crippen molar-refractivity contribution in [3.8, 4) is 0 Å². The highest BCUT2D eigenvalue weighted by atomic mass is 19.2. The van der Waals surface area contributed by atoms with Gasteiger partial charge in [0.2, 0.25) is 0 Å². The Morgan fingerprint density at radius 1 is 1.29 bits per heavy atom. The number of aryl methyl sites for hydroxylation is 1. The van der Waals surface area contributed by atoms with Gasteiger partial charge in [0.05, 0.1) is 5.56 Å². The van der Waals surface area contributed by atoms with Gasteiger partial charge in [-0.15, -0.1) is 0 Å². The van der Waals surface area contributed by atoms with Crippen LogP contribution in [0.2, 0.25) is 0 Å². The van der Waals surface area contributed by atoms with Crippen LogP contribution in [0.4, 0.5) is 13.2 Å². The first-order valence-corrected chi connectivity index (χ1v) is 4.23. The molecule has 0 amide bonds. The van der Waals surface area contributed by atoms with Gasteiger partial charge < -0.3 is 0 Å². The fourth-order valence-electron chi connectivity index (χ4n) is 1.22. The minimum absolute atomic E-state index is 0.0434. The fourth-order valence-corrected chi connectivity index (χ4v) is 1.22. The van der Waals surface area contributed by atoms with Crippen molar-refractivity contribution in [3.63, 3.8) is 0 Å². The normalized spacial score (nSPS) is 10.4. The van der Waals surface area contributed by atoms with Crippen molar-refractivity contribution in [1.82, 2.24) is 0 Å². The molecule has 75 valence electrons. The van der Waals surface area contributed by atoms with Crippen molar-refractivity contribution in [3.05, 3.63) is 41.2 Å². The summed E-state index contributed by atoms with van der Waals surface area (Å²) in [5.74, 6) is -3.13. The summed E-state index contributed by atoms with van der Waals surface area (Å²) in [5, 5.41) is 0. The molecule has 0 fully saturated rings. The van der Waals surface area contributed by atoms with Crippen molar-refractivity contribution in [1.29, 1.82) is 0 Å². The Morgan fingerprint density at radius 3 is 2.29 bits per heavy atom. The van der Waals surface area contributed by atoms with Gasteiger partial charge in [-0.3, -0.25) is 0 Å². The third-order valence-electron chi connectivity index (χ3n) is 1.94. The van der Waals surface area contributed by atoms with E-state index in [0.29, 0.717) is 0 Å². The number of allylic oxidation sites excluding steroid dienone is 1. The predicted molar refractivity (Wildman–Crippen MR) is 49.2 cm³/mol. The first kappa shape index (κ1) is 10.8. The van der Waals surface area contributed by atoms with Crippen molar-refractivity contribution in [2.75, 3.05) is 0 Å². The van der Waals surface area contributed by atoms with Gasteiger partial charge >= 0.3 is 0 Å². The molecule has 1 radical (unpaired) electrons. The molecule has 14 heavy (non-hydrogen) atoms. The Morgan fingerprint density at radius 2 is 1.86 bits per heavy atom. The van der Waals surface area contributed by atoms with E-state index in [1.807, 2.05) is 6.07 Å². The molecular weight excluding hydrogens is 189 g/mol. The molecule has 1 aromatic rings. The minimum Gasteiger partial charge on any atom is -0.206 e. The molecule has 0 bridgehead atoms. The number of rotatable bonds is 2. The molecule has 0 aliphatic carbocycles. The Balaban J connectivity index is 3.53. The second-order valence-corrected chi connectivity index (χ2v) is 3.05. The quantitative estimate of drug-likeness (QED) is 0.639. The molecule has 0 spiro atoms. The van der Waals surface area contributed by atoms with Crippen LogP contribution >= 0.6 is 0 Å². The Kier molecular flexibility index (Phi) is 2.99. The lowest BCUT2D eigenvalue weighted by Gasteiger charge is -2.08. The predicted octanol–water partition coefficient (Wildman–Crippen LogP) is 3.50. The van der Waals surface area contributed by atoms with Gasteiger partial charge in [0.15, 0.2) is 11.6 Å². The third kappa shape index (κ3) is 1.67. The summed E-state index contributed by atoms with van der Waals surface area (Å²) in [6, 6.07) is 2.03. The zero-order valence-corrected chi connectivity index (χ0v) is 8.05. The van der Waals surface area contributed by atoms with E-state index in [2.05, 4.69) is 6.58 Å². The smallest absolute Gasteiger partial charge is 0.169 e. The molecule has 0 aliphatic heterocycles. The Labute approximate surface area is 81.1 Å². The number of hydrogen-bond acceptors (Lipinski definition) is 0. The van der Waals surface area contributed by atoms with Gasteiger partial charge in [0.25, 0.3) is 0 Å². The van der Waals surface area contributed by atoms with Crippen molar-refractivity contribution >= 4 is 5.57 Å². The summed E-state index contributed by atoms with van der Waals surface area (Å²) in [6.07, 6.45) is 0.267. The molecule has 0 aliphatic rings. The third-order valence-corrected chi connectivity index (χ3v) is 1.94. The van der Waals surface area contributed by atoms with Gasteiger partial charge in [0, 0.05) is 6.07 Å². The summed E-state index contributed by atoms with van der Waals surface area (Å²) in [5.41, 5.74) is -0.164. The average molecular weight is 199 g/mol. The van der Waals surface area contributed by atoms with E-state index in [-0.39, 0.29) is 23.1 Å². The first-order chi connectivity index (χ1) is 6.49. The van der Waals surface area contributed by atoms with Gasteiger partial charge in [-0.25, -0.2) is 13.2 Å². The monoisotopic (exact) mass is 199 g/mol. The van der Waals surface area contributed by atoms with Gasteiger partial charge in [-0.2, -0.15) is 0 Å². The molecule has 0 heterocycles. The molecular formula is C11H10F3. The largest absolute Gasteiger partial charge is 0.206 e. The maximum atomic E-state index is 13.5. The highest BCUT2D eigenvalue weighted by Crippen LogP contribution is 2.25. The molecule has 0 nitrogen and oxygen atoms in total. The van der Waals surface area contributed by atoms with Gasteiger partial charge in [-0.1, -0.05) is 13.5 Å². The lowest BCUT2D eigenvalue weighted by atomic mass is 10.0. The van der Waals surface area contributed by atoms with E-state index in [1.165, 1.54) is 6.92 Å². The Bertz CT molecular complexity index is 381. The van der Waals surface area contributed by atoms with Crippen molar-refractivity contribution < 1.29 is 13.2 Å². The lowest BCUT2D eigenvalue weighted by Crippen LogP contribution is -2.02. The molecule has 0 saturated heterocycles. The standard InChI is InChI=1S/C11H10F3/c1-4-7-5-8(12)11(14)9(6(2)3)10(7)13/h2,4H2,1,3H3. The Hall–Kier alpha value is -1.25. The zero-order chi connectivity index (χ0) is 10.9. The SMILES string of the molecule is C=C(C)c1c(F)c(F)[c]c(CC)c1F. The average Bonchev–Trinajstić information content (AvgIpc) is 2.11. The number of halogens is 3. The number of hydrogen-bond donors (Lipinski definition) is 0. The van der Waals surface area contributed by atoms with E-state index < -0.39 is 17.5 Å². The molecule has 0 aromatic heterocycles. The van der Waals surface area contributed by atoms with Gasteiger partial charge in [0.1, 0.15) is 5.82 Å². The van der Waals surface area contributed by atoms with E-state index in [0.717, 1.165) is 0 Å². The molecule has 1 aromatic carbocycles. The maximum absolute atomic E-state index is 13.5. The first-order valence-electron chi connectivity index (χ1n) is 4.23. The van der Waals surface area contributed by atoms with Crippen LogP contribution in [0.1, 0.15) is 25.0 Å². The topological polar surface area (TPSA) is 0 Å². The highest BCUT2D eigenvalue weighted by molar-refractivity contribution is 5.63. The van der Waals surface area contributed by atoms with Gasteiger partial charge in [-0.05, 0) is 24.5 Å². The summed E-state index contributed by atoms with van der Waals surface area (Å²) < 4.78 is 39.5. The zero-order valence-electron chi connectivity index (χ0n) is 8.05. The molecule has 0 atom stereocenters. The van der Waals surface area contributed by atoms with E-state index in [4.69, 9.17) is 0 Å². The lowest BCUT2D eigenvalue weighted by molar-refractivity contribution is 0.485. The molecule has 3 heteroatoms. The molecule has 0 saturated carbocycles. The summed E-state index contributed by atoms with van der Waals surface area (Å²) in [7, 11) is 0. The van der Waals surface area contributed by atoms with E-state index in [1.54, 1.807) is 6.92 Å². The van der Waals surface area contributed by atoms with Crippen molar-refractivity contribution in [2.24, 2.45) is 0 Å².